The van der Waals surface area contributed by atoms with Crippen LogP contribution in [0.4, 0.5) is 5.69 Å². The lowest BCUT2D eigenvalue weighted by Crippen LogP contribution is -2.15. The molecule has 0 spiro atoms. The molecule has 0 unspecified atom stereocenters. The van der Waals surface area contributed by atoms with Crippen LogP contribution in [0.5, 0.6) is 5.75 Å². The second-order valence-electron chi connectivity index (χ2n) is 4.86. The van der Waals surface area contributed by atoms with E-state index in [1.807, 2.05) is 6.07 Å². The number of nitrogens with two attached hydrogens (primary N) is 1. The molecule has 6 heteroatoms. The lowest BCUT2D eigenvalue weighted by Gasteiger charge is -2.22. The molecule has 3 rings (SSSR count). The summed E-state index contributed by atoms with van der Waals surface area (Å²) in [5, 5.41) is 0.928. The molecule has 1 aromatic carbocycles. The van der Waals surface area contributed by atoms with E-state index in [1.165, 1.54) is 18.4 Å². The van der Waals surface area contributed by atoms with Crippen molar-refractivity contribution >= 4 is 48.5 Å². The van der Waals surface area contributed by atoms with Crippen molar-refractivity contribution in [1.29, 1.82) is 0 Å². The third kappa shape index (κ3) is 2.10. The minimum absolute atomic E-state index is 0.761. The van der Waals surface area contributed by atoms with Crippen molar-refractivity contribution in [1.82, 2.24) is 4.98 Å². The summed E-state index contributed by atoms with van der Waals surface area (Å²) in [7, 11) is 1.66. The first-order valence-corrected chi connectivity index (χ1v) is 8.10. The van der Waals surface area contributed by atoms with E-state index in [0.717, 1.165) is 49.8 Å². The number of halogens is 2. The Labute approximate surface area is 134 Å². The first kappa shape index (κ1) is 14.1. The number of hydrazine groups is 1. The number of aryl methyl sites for hydroxylation is 1. The molecule has 0 bridgehead atoms. The number of hydrogen-bond donors (Lipinski definition) is 2. The average Bonchev–Trinajstić information content (AvgIpc) is 2.46. The standard InChI is InChI=1S/C14H15Br2N3O/c1-20-14-9(16)6-8(15)13-11(14)12(19-17)7-4-2-3-5-10(7)18-13/h6H,2-5,17H2,1H3,(H,18,19). The molecule has 0 radical (unpaired) electrons. The zero-order valence-electron chi connectivity index (χ0n) is 11.1. The molecule has 2 aromatic rings. The van der Waals surface area contributed by atoms with Gasteiger partial charge in [-0.05, 0) is 69.2 Å². The smallest absolute Gasteiger partial charge is 0.144 e. The first-order valence-electron chi connectivity index (χ1n) is 6.51. The Bertz CT molecular complexity index is 688. The maximum atomic E-state index is 5.80. The minimum atomic E-state index is 0.761. The summed E-state index contributed by atoms with van der Waals surface area (Å²) in [6.07, 6.45) is 4.36. The van der Waals surface area contributed by atoms with Gasteiger partial charge in [-0.2, -0.15) is 0 Å². The van der Waals surface area contributed by atoms with E-state index in [4.69, 9.17) is 15.6 Å². The molecular weight excluding hydrogens is 386 g/mol. The first-order chi connectivity index (χ1) is 9.67. The van der Waals surface area contributed by atoms with Gasteiger partial charge in [-0.15, -0.1) is 0 Å². The third-order valence-corrected chi connectivity index (χ3v) is 4.94. The van der Waals surface area contributed by atoms with Crippen LogP contribution in [-0.4, -0.2) is 12.1 Å². The molecule has 0 saturated heterocycles. The van der Waals surface area contributed by atoms with Gasteiger partial charge in [0, 0.05) is 10.2 Å². The summed E-state index contributed by atoms with van der Waals surface area (Å²) < 4.78 is 7.36. The number of fused-ring (bicyclic) bond motifs is 2. The number of aromatic nitrogens is 1. The van der Waals surface area contributed by atoms with Gasteiger partial charge < -0.3 is 10.2 Å². The van der Waals surface area contributed by atoms with E-state index >= 15 is 0 Å². The van der Waals surface area contributed by atoms with E-state index in [-0.39, 0.29) is 0 Å². The van der Waals surface area contributed by atoms with Crippen molar-refractivity contribution in [2.45, 2.75) is 25.7 Å². The van der Waals surface area contributed by atoms with Crippen LogP contribution < -0.4 is 16.0 Å². The number of ether oxygens (including phenoxy) is 1. The second kappa shape index (κ2) is 5.50. The molecule has 4 nitrogen and oxygen atoms in total. The molecule has 0 saturated carbocycles. The SMILES string of the molecule is COc1c(Br)cc(Br)c2nc3c(c(NN)c12)CCCC3. The number of hydrogen-bond acceptors (Lipinski definition) is 4. The zero-order valence-corrected chi connectivity index (χ0v) is 14.3. The van der Waals surface area contributed by atoms with Gasteiger partial charge in [-0.3, -0.25) is 10.8 Å². The van der Waals surface area contributed by atoms with Crippen molar-refractivity contribution in [3.05, 3.63) is 26.3 Å². The summed E-state index contributed by atoms with van der Waals surface area (Å²) in [5.41, 5.74) is 7.04. The van der Waals surface area contributed by atoms with Crippen molar-refractivity contribution in [2.24, 2.45) is 5.84 Å². The molecule has 20 heavy (non-hydrogen) atoms. The van der Waals surface area contributed by atoms with Crippen molar-refractivity contribution < 1.29 is 4.74 Å². The van der Waals surface area contributed by atoms with Crippen LogP contribution in [0.25, 0.3) is 10.9 Å². The number of methoxy groups -OCH3 is 1. The van der Waals surface area contributed by atoms with Crippen LogP contribution >= 0.6 is 31.9 Å². The molecule has 1 aliphatic carbocycles. The normalized spacial score (nSPS) is 14.2. The Morgan fingerprint density at radius 2 is 2.00 bits per heavy atom. The van der Waals surface area contributed by atoms with Crippen molar-refractivity contribution in [3.8, 4) is 5.75 Å². The number of nitrogens with zero attached hydrogens (tertiary/aromatic N) is 1. The largest absolute Gasteiger partial charge is 0.495 e. The Hall–Kier alpha value is -0.850. The van der Waals surface area contributed by atoms with Crippen LogP contribution in [0, 0.1) is 0 Å². The summed E-state index contributed by atoms with van der Waals surface area (Å²) in [4.78, 5) is 4.83. The van der Waals surface area contributed by atoms with Crippen molar-refractivity contribution in [2.75, 3.05) is 12.5 Å². The van der Waals surface area contributed by atoms with Gasteiger partial charge in [0.15, 0.2) is 0 Å². The third-order valence-electron chi connectivity index (χ3n) is 3.75. The highest BCUT2D eigenvalue weighted by molar-refractivity contribution is 9.11. The quantitative estimate of drug-likeness (QED) is 0.592. The molecule has 0 aliphatic heterocycles. The van der Waals surface area contributed by atoms with Crippen molar-refractivity contribution in [3.63, 3.8) is 0 Å². The molecule has 106 valence electrons. The lowest BCUT2D eigenvalue weighted by atomic mass is 9.92. The van der Waals surface area contributed by atoms with E-state index in [1.54, 1.807) is 7.11 Å². The monoisotopic (exact) mass is 399 g/mol. The number of nitrogen functional groups attached to an aromatic ring is 1. The molecule has 0 atom stereocenters. The lowest BCUT2D eigenvalue weighted by molar-refractivity contribution is 0.417. The molecule has 3 N–H and O–H groups in total. The maximum Gasteiger partial charge on any atom is 0.144 e. The number of anilines is 1. The number of nitrogens with one attached hydrogen (secondary N) is 1. The predicted octanol–water partition coefficient (Wildman–Crippen LogP) is 3.93. The number of pyridine rings is 1. The molecular formula is C14H15Br2N3O. The highest BCUT2D eigenvalue weighted by Gasteiger charge is 2.22. The fraction of sp³-hybridized carbons (Fsp3) is 0.357. The fourth-order valence-electron chi connectivity index (χ4n) is 2.86. The van der Waals surface area contributed by atoms with E-state index in [2.05, 4.69) is 37.3 Å². The van der Waals surface area contributed by atoms with Gasteiger partial charge in [-0.1, -0.05) is 0 Å². The predicted molar refractivity (Wildman–Crippen MR) is 88.1 cm³/mol. The van der Waals surface area contributed by atoms with E-state index < -0.39 is 0 Å². The molecule has 0 fully saturated rings. The van der Waals surface area contributed by atoms with Gasteiger partial charge in [-0.25, -0.2) is 0 Å². The second-order valence-corrected chi connectivity index (χ2v) is 6.57. The fourth-order valence-corrected chi connectivity index (χ4v) is 4.27. The van der Waals surface area contributed by atoms with Crippen LogP contribution in [-0.2, 0) is 12.8 Å². The number of rotatable bonds is 2. The van der Waals surface area contributed by atoms with E-state index in [9.17, 15) is 0 Å². The molecule has 1 heterocycles. The topological polar surface area (TPSA) is 60.2 Å². The van der Waals surface area contributed by atoms with E-state index in [0.29, 0.717) is 0 Å². The summed E-state index contributed by atoms with van der Waals surface area (Å²) in [6.45, 7) is 0. The number of benzene rings is 1. The average molecular weight is 401 g/mol. The maximum absolute atomic E-state index is 5.80. The van der Waals surface area contributed by atoms with Gasteiger partial charge in [0.1, 0.15) is 5.75 Å². The van der Waals surface area contributed by atoms with Gasteiger partial charge in [0.25, 0.3) is 0 Å². The van der Waals surface area contributed by atoms with Gasteiger partial charge >= 0.3 is 0 Å². The van der Waals surface area contributed by atoms with Crippen LogP contribution in [0.2, 0.25) is 0 Å². The summed E-state index contributed by atoms with van der Waals surface area (Å²) in [5.74, 6) is 6.56. The van der Waals surface area contributed by atoms with Crippen LogP contribution in [0.1, 0.15) is 24.1 Å². The minimum Gasteiger partial charge on any atom is -0.495 e. The highest BCUT2D eigenvalue weighted by Crippen LogP contribution is 2.44. The Morgan fingerprint density at radius 3 is 2.70 bits per heavy atom. The molecule has 0 amide bonds. The Morgan fingerprint density at radius 1 is 1.25 bits per heavy atom. The molecule has 1 aromatic heterocycles. The summed E-state index contributed by atoms with van der Waals surface area (Å²) in [6, 6.07) is 1.96. The Kier molecular flexibility index (Phi) is 3.88. The summed E-state index contributed by atoms with van der Waals surface area (Å²) >= 11 is 7.12. The zero-order chi connectivity index (χ0) is 14.3. The molecule has 1 aliphatic rings. The van der Waals surface area contributed by atoms with Gasteiger partial charge in [0.05, 0.1) is 28.2 Å². The van der Waals surface area contributed by atoms with Crippen LogP contribution in [0.15, 0.2) is 15.0 Å². The highest BCUT2D eigenvalue weighted by atomic mass is 79.9. The van der Waals surface area contributed by atoms with Gasteiger partial charge in [0.2, 0.25) is 0 Å². The Balaban J connectivity index is 2.46. The van der Waals surface area contributed by atoms with Crippen LogP contribution in [0.3, 0.4) is 0 Å².